The van der Waals surface area contributed by atoms with Crippen molar-refractivity contribution in [1.82, 2.24) is 4.90 Å². The Hall–Kier alpha value is -1.22. The van der Waals surface area contributed by atoms with Gasteiger partial charge >= 0.3 is 6.03 Å². The van der Waals surface area contributed by atoms with E-state index in [4.69, 9.17) is 11.6 Å². The smallest absolute Gasteiger partial charge is 0.321 e. The van der Waals surface area contributed by atoms with Crippen LogP contribution < -0.4 is 5.32 Å². The lowest BCUT2D eigenvalue weighted by molar-refractivity contribution is 0.218. The van der Waals surface area contributed by atoms with Gasteiger partial charge in [-0.3, -0.25) is 0 Å². The van der Waals surface area contributed by atoms with Gasteiger partial charge in [0.05, 0.1) is 6.54 Å². The summed E-state index contributed by atoms with van der Waals surface area (Å²) < 4.78 is 0. The summed E-state index contributed by atoms with van der Waals surface area (Å²) in [6.07, 6.45) is 0. The molecule has 13 heavy (non-hydrogen) atoms. The molecule has 68 valence electrons. The zero-order chi connectivity index (χ0) is 9.42. The van der Waals surface area contributed by atoms with Crippen LogP contribution in [0.4, 0.5) is 10.5 Å². The molecule has 0 spiro atoms. The number of hydrogen-bond acceptors (Lipinski definition) is 1. The van der Waals surface area contributed by atoms with Crippen molar-refractivity contribution in [1.29, 1.82) is 0 Å². The van der Waals surface area contributed by atoms with E-state index in [0.717, 1.165) is 11.3 Å². The monoisotopic (exact) mass is 196 g/mol. The van der Waals surface area contributed by atoms with Crippen molar-refractivity contribution in [2.75, 3.05) is 12.4 Å². The molecule has 0 aromatic heterocycles. The third kappa shape index (κ3) is 1.35. The normalized spacial score (nSPS) is 15.2. The van der Waals surface area contributed by atoms with E-state index in [1.165, 1.54) is 0 Å². The second-order valence-electron chi connectivity index (χ2n) is 3.05. The van der Waals surface area contributed by atoms with E-state index in [1.807, 2.05) is 18.2 Å². The average Bonchev–Trinajstić information content (AvgIpc) is 2.09. The molecule has 3 nitrogen and oxygen atoms in total. The topological polar surface area (TPSA) is 32.3 Å². The Morgan fingerprint density at radius 1 is 1.54 bits per heavy atom. The van der Waals surface area contributed by atoms with Crippen LogP contribution >= 0.6 is 11.6 Å². The molecule has 1 aliphatic heterocycles. The number of amides is 2. The Bertz CT molecular complexity index is 365. The predicted octanol–water partition coefficient (Wildman–Crippen LogP) is 2.32. The van der Waals surface area contributed by atoms with E-state index in [0.29, 0.717) is 11.6 Å². The summed E-state index contributed by atoms with van der Waals surface area (Å²) in [5, 5.41) is 3.45. The van der Waals surface area contributed by atoms with Crippen LogP contribution in [-0.2, 0) is 6.54 Å². The number of carbonyl (C=O) groups is 1. The van der Waals surface area contributed by atoms with E-state index in [1.54, 1.807) is 11.9 Å². The number of rotatable bonds is 0. The lowest BCUT2D eigenvalue weighted by atomic mass is 10.1. The molecule has 0 saturated carbocycles. The maximum Gasteiger partial charge on any atom is 0.321 e. The van der Waals surface area contributed by atoms with Gasteiger partial charge < -0.3 is 10.2 Å². The molecular weight excluding hydrogens is 188 g/mol. The maximum atomic E-state index is 11.2. The highest BCUT2D eigenvalue weighted by Gasteiger charge is 2.20. The molecule has 1 aliphatic rings. The first kappa shape index (κ1) is 8.38. The maximum absolute atomic E-state index is 11.2. The average molecular weight is 197 g/mol. The minimum Gasteiger partial charge on any atom is -0.323 e. The van der Waals surface area contributed by atoms with Crippen LogP contribution in [0.2, 0.25) is 5.02 Å². The number of carbonyl (C=O) groups excluding carboxylic acids is 1. The lowest BCUT2D eigenvalue weighted by Gasteiger charge is -2.26. The molecule has 0 bridgehead atoms. The predicted molar refractivity (Wildman–Crippen MR) is 51.9 cm³/mol. The van der Waals surface area contributed by atoms with Gasteiger partial charge in [0.1, 0.15) is 0 Å². The number of hydrogen-bond donors (Lipinski definition) is 1. The molecule has 4 heteroatoms. The molecule has 0 unspecified atom stereocenters. The summed E-state index contributed by atoms with van der Waals surface area (Å²) in [5.74, 6) is 0. The highest BCUT2D eigenvalue weighted by Crippen LogP contribution is 2.28. The third-order valence-electron chi connectivity index (χ3n) is 2.10. The van der Waals surface area contributed by atoms with Crippen molar-refractivity contribution in [2.45, 2.75) is 6.54 Å². The van der Waals surface area contributed by atoms with Gasteiger partial charge in [0.25, 0.3) is 0 Å². The molecule has 1 aromatic rings. The number of halogens is 1. The first-order valence-corrected chi connectivity index (χ1v) is 4.36. The summed E-state index contributed by atoms with van der Waals surface area (Å²) in [6.45, 7) is 0.570. The van der Waals surface area contributed by atoms with Gasteiger partial charge in [0, 0.05) is 23.3 Å². The number of urea groups is 1. The third-order valence-corrected chi connectivity index (χ3v) is 2.46. The molecular formula is C9H9ClN2O. The fourth-order valence-corrected chi connectivity index (χ4v) is 1.59. The first-order valence-electron chi connectivity index (χ1n) is 3.98. The second kappa shape index (κ2) is 2.92. The van der Waals surface area contributed by atoms with Crippen LogP contribution in [0.15, 0.2) is 18.2 Å². The van der Waals surface area contributed by atoms with Gasteiger partial charge in [-0.2, -0.15) is 0 Å². The molecule has 1 aromatic carbocycles. The number of fused-ring (bicyclic) bond motifs is 1. The lowest BCUT2D eigenvalue weighted by Crippen LogP contribution is -2.35. The minimum absolute atomic E-state index is 0.0882. The van der Waals surface area contributed by atoms with Crippen molar-refractivity contribution in [3.05, 3.63) is 28.8 Å². The van der Waals surface area contributed by atoms with E-state index in [9.17, 15) is 4.79 Å². The van der Waals surface area contributed by atoms with Crippen molar-refractivity contribution in [2.24, 2.45) is 0 Å². The molecule has 2 amide bonds. The Balaban J connectivity index is 2.48. The molecule has 0 saturated heterocycles. The Morgan fingerprint density at radius 2 is 2.31 bits per heavy atom. The molecule has 1 N–H and O–H groups in total. The summed E-state index contributed by atoms with van der Waals surface area (Å²) in [6, 6.07) is 5.42. The standard InChI is InChI=1S/C9H9ClN2O/c1-12-5-6-7(10)3-2-4-8(6)11-9(12)13/h2-4H,5H2,1H3,(H,11,13). The number of anilines is 1. The molecule has 0 fully saturated rings. The Morgan fingerprint density at radius 3 is 3.08 bits per heavy atom. The number of nitrogens with one attached hydrogen (secondary N) is 1. The van der Waals surface area contributed by atoms with Gasteiger partial charge in [-0.05, 0) is 12.1 Å². The van der Waals surface area contributed by atoms with E-state index in [2.05, 4.69) is 5.32 Å². The SMILES string of the molecule is CN1Cc2c(Cl)cccc2NC1=O. The van der Waals surface area contributed by atoms with E-state index in [-0.39, 0.29) is 6.03 Å². The first-order chi connectivity index (χ1) is 6.18. The number of benzene rings is 1. The summed E-state index contributed by atoms with van der Waals surface area (Å²) in [5.41, 5.74) is 1.79. The second-order valence-corrected chi connectivity index (χ2v) is 3.46. The fraction of sp³-hybridized carbons (Fsp3) is 0.222. The van der Waals surface area contributed by atoms with Gasteiger partial charge in [-0.25, -0.2) is 4.79 Å². The molecule has 1 heterocycles. The molecule has 2 rings (SSSR count). The molecule has 0 aliphatic carbocycles. The van der Waals surface area contributed by atoms with Crippen LogP contribution in [0, 0.1) is 0 Å². The Kier molecular flexibility index (Phi) is 1.88. The molecule has 0 radical (unpaired) electrons. The number of nitrogens with zero attached hydrogens (tertiary/aromatic N) is 1. The quantitative estimate of drug-likeness (QED) is 0.679. The van der Waals surface area contributed by atoms with Gasteiger partial charge in [0.2, 0.25) is 0 Å². The van der Waals surface area contributed by atoms with Gasteiger partial charge in [-0.1, -0.05) is 17.7 Å². The van der Waals surface area contributed by atoms with Crippen LogP contribution in [-0.4, -0.2) is 18.0 Å². The van der Waals surface area contributed by atoms with Gasteiger partial charge in [0.15, 0.2) is 0 Å². The van der Waals surface area contributed by atoms with Gasteiger partial charge in [-0.15, -0.1) is 0 Å². The highest BCUT2D eigenvalue weighted by molar-refractivity contribution is 6.32. The summed E-state index contributed by atoms with van der Waals surface area (Å²) in [7, 11) is 1.74. The van der Waals surface area contributed by atoms with Crippen LogP contribution in [0.1, 0.15) is 5.56 Å². The molecule has 0 atom stereocenters. The summed E-state index contributed by atoms with van der Waals surface area (Å²) in [4.78, 5) is 12.8. The minimum atomic E-state index is -0.0882. The highest BCUT2D eigenvalue weighted by atomic mass is 35.5. The van der Waals surface area contributed by atoms with Crippen molar-refractivity contribution in [3.8, 4) is 0 Å². The van der Waals surface area contributed by atoms with Crippen LogP contribution in [0.3, 0.4) is 0 Å². The Labute approximate surface area is 81.3 Å². The van der Waals surface area contributed by atoms with E-state index < -0.39 is 0 Å². The zero-order valence-corrected chi connectivity index (χ0v) is 7.93. The van der Waals surface area contributed by atoms with Crippen molar-refractivity contribution < 1.29 is 4.79 Å². The fourth-order valence-electron chi connectivity index (χ4n) is 1.36. The van der Waals surface area contributed by atoms with Crippen molar-refractivity contribution in [3.63, 3.8) is 0 Å². The van der Waals surface area contributed by atoms with Crippen LogP contribution in [0.5, 0.6) is 0 Å². The van der Waals surface area contributed by atoms with Crippen molar-refractivity contribution >= 4 is 23.3 Å². The van der Waals surface area contributed by atoms with E-state index >= 15 is 0 Å². The summed E-state index contributed by atoms with van der Waals surface area (Å²) >= 11 is 5.98. The largest absolute Gasteiger partial charge is 0.323 e. The zero-order valence-electron chi connectivity index (χ0n) is 7.17. The van der Waals surface area contributed by atoms with Crippen LogP contribution in [0.25, 0.3) is 0 Å².